The van der Waals surface area contributed by atoms with Gasteiger partial charge in [0.25, 0.3) is 11.8 Å². The van der Waals surface area contributed by atoms with Gasteiger partial charge >= 0.3 is 0 Å². The lowest BCUT2D eigenvalue weighted by Gasteiger charge is -2.33. The number of hydrogen-bond donors (Lipinski definition) is 0. The molecule has 1 unspecified atom stereocenters. The van der Waals surface area contributed by atoms with E-state index in [1.807, 2.05) is 24.8 Å². The summed E-state index contributed by atoms with van der Waals surface area (Å²) in [4.78, 5) is 40.8. The van der Waals surface area contributed by atoms with Crippen molar-refractivity contribution in [1.29, 1.82) is 0 Å². The number of fused-ring (bicyclic) bond motifs is 1. The molecule has 0 spiro atoms. The van der Waals surface area contributed by atoms with Gasteiger partial charge in [0.1, 0.15) is 6.54 Å². The van der Waals surface area contributed by atoms with Gasteiger partial charge in [0.15, 0.2) is 0 Å². The van der Waals surface area contributed by atoms with Crippen molar-refractivity contribution in [3.8, 4) is 0 Å². The SMILES string of the molecule is Cc1ccc2c(c1)C(=O)N(CC(=O)N(C1CC1)C(C)C(C)C)C2=O. The van der Waals surface area contributed by atoms with Crippen LogP contribution in [-0.2, 0) is 4.79 Å². The van der Waals surface area contributed by atoms with Crippen molar-refractivity contribution < 1.29 is 14.4 Å². The molecule has 1 heterocycles. The van der Waals surface area contributed by atoms with E-state index < -0.39 is 0 Å². The highest BCUT2D eigenvalue weighted by Gasteiger charge is 2.41. The highest BCUT2D eigenvalue weighted by atomic mass is 16.2. The lowest BCUT2D eigenvalue weighted by atomic mass is 10.0. The Morgan fingerprint density at radius 2 is 1.79 bits per heavy atom. The van der Waals surface area contributed by atoms with Gasteiger partial charge in [-0.25, -0.2) is 0 Å². The molecule has 0 N–H and O–H groups in total. The summed E-state index contributed by atoms with van der Waals surface area (Å²) in [5.41, 5.74) is 1.73. The number of amides is 3. The number of carbonyl (C=O) groups excluding carboxylic acids is 3. The third kappa shape index (κ3) is 2.83. The first-order chi connectivity index (χ1) is 11.3. The number of carbonyl (C=O) groups is 3. The maximum atomic E-state index is 12.8. The fourth-order valence-corrected chi connectivity index (χ4v) is 3.20. The Hall–Kier alpha value is -2.17. The Bertz CT molecular complexity index is 707. The molecular formula is C19H24N2O3. The lowest BCUT2D eigenvalue weighted by Crippen LogP contribution is -2.48. The topological polar surface area (TPSA) is 57.7 Å². The van der Waals surface area contributed by atoms with Crippen LogP contribution in [0.2, 0.25) is 0 Å². The molecule has 1 saturated carbocycles. The monoisotopic (exact) mass is 328 g/mol. The molecule has 0 saturated heterocycles. The van der Waals surface area contributed by atoms with Crippen molar-refractivity contribution in [3.63, 3.8) is 0 Å². The van der Waals surface area contributed by atoms with Gasteiger partial charge in [-0.05, 0) is 44.7 Å². The summed E-state index contributed by atoms with van der Waals surface area (Å²) in [5.74, 6) is -0.527. The third-order valence-electron chi connectivity index (χ3n) is 5.05. The number of benzene rings is 1. The molecule has 1 aliphatic carbocycles. The minimum atomic E-state index is -0.365. The van der Waals surface area contributed by atoms with Gasteiger partial charge in [-0.1, -0.05) is 25.5 Å². The molecule has 0 bridgehead atoms. The first-order valence-electron chi connectivity index (χ1n) is 8.59. The number of aryl methyl sites for hydroxylation is 1. The standard InChI is InChI=1S/C19H24N2O3/c1-11(2)13(4)21(14-6-7-14)17(22)10-20-18(23)15-8-5-12(3)9-16(15)19(20)24/h5,8-9,11,13-14H,6-7,10H2,1-4H3. The molecular weight excluding hydrogens is 304 g/mol. The molecule has 3 rings (SSSR count). The summed E-state index contributed by atoms with van der Waals surface area (Å²) >= 11 is 0. The van der Waals surface area contributed by atoms with Crippen LogP contribution in [0.15, 0.2) is 18.2 Å². The predicted octanol–water partition coefficient (Wildman–Crippen LogP) is 2.63. The summed E-state index contributed by atoms with van der Waals surface area (Å²) in [6.07, 6.45) is 2.01. The van der Waals surface area contributed by atoms with Crippen LogP contribution < -0.4 is 0 Å². The smallest absolute Gasteiger partial charge is 0.262 e. The van der Waals surface area contributed by atoms with Gasteiger partial charge in [0.05, 0.1) is 11.1 Å². The fraction of sp³-hybridized carbons (Fsp3) is 0.526. The van der Waals surface area contributed by atoms with E-state index in [1.165, 1.54) is 0 Å². The highest BCUT2D eigenvalue weighted by molar-refractivity contribution is 6.22. The Morgan fingerprint density at radius 1 is 1.17 bits per heavy atom. The molecule has 24 heavy (non-hydrogen) atoms. The van der Waals surface area contributed by atoms with Crippen LogP contribution in [0.25, 0.3) is 0 Å². The second kappa shape index (κ2) is 6.04. The van der Waals surface area contributed by atoms with Crippen molar-refractivity contribution in [1.82, 2.24) is 9.80 Å². The zero-order chi connectivity index (χ0) is 17.6. The van der Waals surface area contributed by atoms with E-state index in [4.69, 9.17) is 0 Å². The van der Waals surface area contributed by atoms with E-state index in [9.17, 15) is 14.4 Å². The number of nitrogens with zero attached hydrogens (tertiary/aromatic N) is 2. The van der Waals surface area contributed by atoms with Crippen LogP contribution in [0.3, 0.4) is 0 Å². The van der Waals surface area contributed by atoms with Crippen molar-refractivity contribution in [2.75, 3.05) is 6.54 Å². The van der Waals surface area contributed by atoms with E-state index in [1.54, 1.807) is 12.1 Å². The first kappa shape index (κ1) is 16.7. The highest BCUT2D eigenvalue weighted by Crippen LogP contribution is 2.31. The molecule has 2 aliphatic rings. The summed E-state index contributed by atoms with van der Waals surface area (Å²) < 4.78 is 0. The molecule has 1 aromatic carbocycles. The van der Waals surface area contributed by atoms with E-state index >= 15 is 0 Å². The molecule has 5 heteroatoms. The first-order valence-corrected chi connectivity index (χ1v) is 8.59. The lowest BCUT2D eigenvalue weighted by molar-refractivity contribution is -0.135. The Balaban J connectivity index is 1.80. The predicted molar refractivity (Wildman–Crippen MR) is 90.7 cm³/mol. The van der Waals surface area contributed by atoms with E-state index in [0.717, 1.165) is 23.3 Å². The quantitative estimate of drug-likeness (QED) is 0.781. The summed E-state index contributed by atoms with van der Waals surface area (Å²) in [7, 11) is 0. The van der Waals surface area contributed by atoms with Gasteiger partial charge < -0.3 is 4.90 Å². The summed E-state index contributed by atoms with van der Waals surface area (Å²) in [5, 5.41) is 0. The Kier molecular flexibility index (Phi) is 4.20. The molecule has 0 aromatic heterocycles. The molecule has 1 fully saturated rings. The zero-order valence-corrected chi connectivity index (χ0v) is 14.7. The normalized spacial score (nSPS) is 18.1. The molecule has 0 radical (unpaired) electrons. The minimum absolute atomic E-state index is 0.0995. The molecule has 3 amide bonds. The number of hydrogen-bond acceptors (Lipinski definition) is 3. The van der Waals surface area contributed by atoms with E-state index in [0.29, 0.717) is 17.0 Å². The van der Waals surface area contributed by atoms with E-state index in [-0.39, 0.29) is 36.3 Å². The van der Waals surface area contributed by atoms with Gasteiger partial charge in [-0.3, -0.25) is 19.3 Å². The van der Waals surface area contributed by atoms with Gasteiger partial charge in [0.2, 0.25) is 5.91 Å². The van der Waals surface area contributed by atoms with Crippen molar-refractivity contribution in [2.24, 2.45) is 5.92 Å². The number of rotatable bonds is 5. The van der Waals surface area contributed by atoms with Gasteiger partial charge in [-0.15, -0.1) is 0 Å². The van der Waals surface area contributed by atoms with Crippen molar-refractivity contribution >= 4 is 17.7 Å². The minimum Gasteiger partial charge on any atom is -0.335 e. The van der Waals surface area contributed by atoms with Gasteiger partial charge in [-0.2, -0.15) is 0 Å². The molecule has 5 nitrogen and oxygen atoms in total. The Labute approximate surface area is 142 Å². The second-order valence-electron chi connectivity index (χ2n) is 7.26. The average Bonchev–Trinajstić information content (AvgIpc) is 3.32. The molecule has 1 aromatic rings. The average molecular weight is 328 g/mol. The molecule has 1 aliphatic heterocycles. The van der Waals surface area contributed by atoms with Crippen LogP contribution in [0.5, 0.6) is 0 Å². The number of imide groups is 1. The van der Waals surface area contributed by atoms with Crippen LogP contribution in [-0.4, -0.2) is 46.1 Å². The van der Waals surface area contributed by atoms with Crippen LogP contribution in [0.4, 0.5) is 0 Å². The third-order valence-corrected chi connectivity index (χ3v) is 5.05. The second-order valence-corrected chi connectivity index (χ2v) is 7.26. The van der Waals surface area contributed by atoms with Crippen LogP contribution in [0, 0.1) is 12.8 Å². The van der Waals surface area contributed by atoms with E-state index in [2.05, 4.69) is 13.8 Å². The molecule has 1 atom stereocenters. The summed E-state index contributed by atoms with van der Waals surface area (Å²) in [6.45, 7) is 7.91. The van der Waals surface area contributed by atoms with Crippen molar-refractivity contribution in [2.45, 2.75) is 52.6 Å². The Morgan fingerprint density at radius 3 is 2.38 bits per heavy atom. The van der Waals surface area contributed by atoms with Gasteiger partial charge in [0, 0.05) is 12.1 Å². The van der Waals surface area contributed by atoms with Crippen molar-refractivity contribution in [3.05, 3.63) is 34.9 Å². The fourth-order valence-electron chi connectivity index (χ4n) is 3.20. The maximum Gasteiger partial charge on any atom is 0.262 e. The van der Waals surface area contributed by atoms with Crippen LogP contribution >= 0.6 is 0 Å². The van der Waals surface area contributed by atoms with Crippen LogP contribution in [0.1, 0.15) is 59.9 Å². The maximum absolute atomic E-state index is 12.8. The zero-order valence-electron chi connectivity index (χ0n) is 14.7. The summed E-state index contributed by atoms with van der Waals surface area (Å²) in [6, 6.07) is 5.56. The largest absolute Gasteiger partial charge is 0.335 e. The molecule has 128 valence electrons.